The van der Waals surface area contributed by atoms with Crippen molar-refractivity contribution < 1.29 is 5.11 Å². The van der Waals surface area contributed by atoms with Crippen molar-refractivity contribution in [3.63, 3.8) is 0 Å². The summed E-state index contributed by atoms with van der Waals surface area (Å²) in [6.07, 6.45) is 9.16. The first kappa shape index (κ1) is 17.9. The molecule has 2 aromatic rings. The highest BCUT2D eigenvalue weighted by atomic mass is 32.2. The van der Waals surface area contributed by atoms with E-state index >= 15 is 0 Å². The lowest BCUT2D eigenvalue weighted by atomic mass is 10.0. The predicted molar refractivity (Wildman–Crippen MR) is 108 cm³/mol. The first-order valence-corrected chi connectivity index (χ1v) is 8.53. The van der Waals surface area contributed by atoms with Gasteiger partial charge in [0.2, 0.25) is 0 Å². The summed E-state index contributed by atoms with van der Waals surface area (Å²) < 4.78 is 0. The first-order valence-electron chi connectivity index (χ1n) is 7.71. The second kappa shape index (κ2) is 7.89. The van der Waals surface area contributed by atoms with Gasteiger partial charge in [-0.2, -0.15) is 0 Å². The molecule has 2 rings (SSSR count). The third-order valence-corrected chi connectivity index (χ3v) is 5.11. The molecule has 0 aliphatic rings. The highest BCUT2D eigenvalue weighted by Crippen LogP contribution is 2.41. The number of aromatic hydroxyl groups is 1. The van der Waals surface area contributed by atoms with Gasteiger partial charge in [-0.15, -0.1) is 0 Å². The van der Waals surface area contributed by atoms with Gasteiger partial charge in [-0.05, 0) is 48.2 Å². The number of benzene rings is 2. The Morgan fingerprint density at radius 3 is 2.33 bits per heavy atom. The van der Waals surface area contributed by atoms with Crippen molar-refractivity contribution in [3.05, 3.63) is 84.0 Å². The average molecular weight is 334 g/mol. The fraction of sp³-hybridized carbons (Fsp3) is 0.0909. The standard InChI is InChI=1S/C22H22OS/c1-6-9-11-17-12-10-13-20(16(17)5)24-21-14-15(4)18(7-2)19(8-3)22(21)23/h6-14,23H,1-3H2,4-5H3/b11-9-. The van der Waals surface area contributed by atoms with Crippen molar-refractivity contribution >= 4 is 30.0 Å². The molecule has 24 heavy (non-hydrogen) atoms. The van der Waals surface area contributed by atoms with Crippen molar-refractivity contribution in [2.75, 3.05) is 0 Å². The van der Waals surface area contributed by atoms with Gasteiger partial charge in [0.05, 0.1) is 4.90 Å². The lowest BCUT2D eigenvalue weighted by Gasteiger charge is -2.14. The number of aryl methyl sites for hydroxylation is 1. The molecule has 0 saturated carbocycles. The molecule has 0 heterocycles. The van der Waals surface area contributed by atoms with E-state index in [2.05, 4.69) is 38.8 Å². The van der Waals surface area contributed by atoms with Crippen LogP contribution in [0.4, 0.5) is 0 Å². The monoisotopic (exact) mass is 334 g/mol. The summed E-state index contributed by atoms with van der Waals surface area (Å²) in [5, 5.41) is 10.6. The van der Waals surface area contributed by atoms with Crippen LogP contribution < -0.4 is 0 Å². The number of hydrogen-bond acceptors (Lipinski definition) is 2. The van der Waals surface area contributed by atoms with Crippen LogP contribution in [0.2, 0.25) is 0 Å². The van der Waals surface area contributed by atoms with Gasteiger partial charge in [0, 0.05) is 10.5 Å². The number of phenolic OH excluding ortho intramolecular Hbond substituents is 1. The van der Waals surface area contributed by atoms with Gasteiger partial charge >= 0.3 is 0 Å². The van der Waals surface area contributed by atoms with Gasteiger partial charge in [-0.3, -0.25) is 0 Å². The third kappa shape index (κ3) is 3.55. The van der Waals surface area contributed by atoms with E-state index in [4.69, 9.17) is 0 Å². The largest absolute Gasteiger partial charge is 0.506 e. The summed E-state index contributed by atoms with van der Waals surface area (Å²) in [5.74, 6) is 0.252. The van der Waals surface area contributed by atoms with E-state index < -0.39 is 0 Å². The van der Waals surface area contributed by atoms with Crippen LogP contribution in [-0.4, -0.2) is 5.11 Å². The zero-order chi connectivity index (χ0) is 17.7. The van der Waals surface area contributed by atoms with Crippen LogP contribution >= 0.6 is 11.8 Å². The summed E-state index contributed by atoms with van der Waals surface area (Å²) in [4.78, 5) is 1.93. The van der Waals surface area contributed by atoms with Crippen molar-refractivity contribution in [3.8, 4) is 5.75 Å². The van der Waals surface area contributed by atoms with Crippen molar-refractivity contribution in [1.29, 1.82) is 0 Å². The fourth-order valence-electron chi connectivity index (χ4n) is 2.58. The second-order valence-corrected chi connectivity index (χ2v) is 6.53. The maximum absolute atomic E-state index is 10.6. The molecule has 0 saturated heterocycles. The Morgan fingerprint density at radius 1 is 1.00 bits per heavy atom. The van der Waals surface area contributed by atoms with Crippen molar-refractivity contribution in [1.82, 2.24) is 0 Å². The minimum absolute atomic E-state index is 0.252. The summed E-state index contributed by atoms with van der Waals surface area (Å²) in [6.45, 7) is 15.5. The SMILES string of the molecule is C=C/C=C\c1cccc(Sc2cc(C)c(C=C)c(C=C)c2O)c1C. The smallest absolute Gasteiger partial charge is 0.137 e. The number of rotatable bonds is 6. The molecule has 0 bridgehead atoms. The van der Waals surface area contributed by atoms with Crippen LogP contribution in [0.3, 0.4) is 0 Å². The molecule has 0 radical (unpaired) electrons. The van der Waals surface area contributed by atoms with Crippen LogP contribution in [0.5, 0.6) is 5.75 Å². The number of allylic oxidation sites excluding steroid dienone is 2. The van der Waals surface area contributed by atoms with Gasteiger partial charge in [0.25, 0.3) is 0 Å². The van der Waals surface area contributed by atoms with E-state index in [-0.39, 0.29) is 5.75 Å². The molecule has 0 spiro atoms. The Morgan fingerprint density at radius 2 is 1.71 bits per heavy atom. The minimum atomic E-state index is 0.252. The lowest BCUT2D eigenvalue weighted by molar-refractivity contribution is 0.460. The quantitative estimate of drug-likeness (QED) is 0.597. The van der Waals surface area contributed by atoms with Crippen molar-refractivity contribution in [2.24, 2.45) is 0 Å². The van der Waals surface area contributed by atoms with Crippen LogP contribution in [0.1, 0.15) is 27.8 Å². The molecule has 1 nitrogen and oxygen atoms in total. The van der Waals surface area contributed by atoms with Gasteiger partial charge in [0.1, 0.15) is 5.75 Å². The molecule has 0 fully saturated rings. The van der Waals surface area contributed by atoms with Crippen molar-refractivity contribution in [2.45, 2.75) is 23.6 Å². The molecule has 0 atom stereocenters. The molecule has 0 unspecified atom stereocenters. The van der Waals surface area contributed by atoms with Crippen LogP contribution in [-0.2, 0) is 0 Å². The molecule has 0 aromatic heterocycles. The van der Waals surface area contributed by atoms with Crippen LogP contribution in [0, 0.1) is 13.8 Å². The lowest BCUT2D eigenvalue weighted by Crippen LogP contribution is -1.91. The molecule has 0 amide bonds. The Balaban J connectivity index is 2.51. The van der Waals surface area contributed by atoms with Gasteiger partial charge < -0.3 is 5.11 Å². The van der Waals surface area contributed by atoms with E-state index in [1.165, 1.54) is 5.56 Å². The Kier molecular flexibility index (Phi) is 5.88. The first-order chi connectivity index (χ1) is 11.5. The average Bonchev–Trinajstić information content (AvgIpc) is 2.58. The molecule has 1 N–H and O–H groups in total. The fourth-order valence-corrected chi connectivity index (χ4v) is 3.68. The predicted octanol–water partition coefficient (Wildman–Crippen LogP) is 6.65. The third-order valence-electron chi connectivity index (χ3n) is 3.92. The minimum Gasteiger partial charge on any atom is -0.506 e. The van der Waals surface area contributed by atoms with Gasteiger partial charge in [-0.25, -0.2) is 0 Å². The van der Waals surface area contributed by atoms with E-state index in [0.717, 1.165) is 32.0 Å². The van der Waals surface area contributed by atoms with E-state index in [1.54, 1.807) is 30.0 Å². The number of hydrogen-bond donors (Lipinski definition) is 1. The highest BCUT2D eigenvalue weighted by molar-refractivity contribution is 7.99. The Hall–Kier alpha value is -2.45. The van der Waals surface area contributed by atoms with Gasteiger partial charge in [-0.1, -0.05) is 74.0 Å². The Bertz CT molecular complexity index is 828. The summed E-state index contributed by atoms with van der Waals surface area (Å²) in [5.41, 5.74) is 5.04. The molecule has 2 heteroatoms. The molecule has 122 valence electrons. The zero-order valence-corrected chi connectivity index (χ0v) is 15.0. The highest BCUT2D eigenvalue weighted by Gasteiger charge is 2.14. The molecule has 2 aromatic carbocycles. The number of phenols is 1. The maximum Gasteiger partial charge on any atom is 0.137 e. The summed E-state index contributed by atoms with van der Waals surface area (Å²) >= 11 is 1.56. The zero-order valence-electron chi connectivity index (χ0n) is 14.2. The van der Waals surface area contributed by atoms with Crippen LogP contribution in [0.25, 0.3) is 18.2 Å². The summed E-state index contributed by atoms with van der Waals surface area (Å²) in [6, 6.07) is 8.15. The van der Waals surface area contributed by atoms with E-state index in [9.17, 15) is 5.11 Å². The molecule has 0 aliphatic carbocycles. The van der Waals surface area contributed by atoms with E-state index in [1.807, 2.05) is 31.2 Å². The molecular formula is C22H22OS. The van der Waals surface area contributed by atoms with Crippen LogP contribution in [0.15, 0.2) is 65.9 Å². The maximum atomic E-state index is 10.6. The normalized spacial score (nSPS) is 10.8. The Labute approximate surface area is 148 Å². The second-order valence-electron chi connectivity index (χ2n) is 5.44. The van der Waals surface area contributed by atoms with Gasteiger partial charge in [0.15, 0.2) is 0 Å². The molecule has 0 aliphatic heterocycles. The molecular weight excluding hydrogens is 312 g/mol. The topological polar surface area (TPSA) is 20.2 Å². The van der Waals surface area contributed by atoms with E-state index in [0.29, 0.717) is 0 Å². The summed E-state index contributed by atoms with van der Waals surface area (Å²) in [7, 11) is 0.